The van der Waals surface area contributed by atoms with Crippen molar-refractivity contribution < 1.29 is 35.9 Å². The van der Waals surface area contributed by atoms with Gasteiger partial charge in [-0.25, -0.2) is 0 Å². The van der Waals surface area contributed by atoms with Crippen LogP contribution >= 0.6 is 11.6 Å². The molecule has 6 aliphatic rings. The average Bonchev–Trinajstić information content (AvgIpc) is 0.815. The van der Waals surface area contributed by atoms with Crippen LogP contribution in [0.4, 0.5) is 26.3 Å². The SMILES string of the molecule is CC(C)C[C@@H]1NC[C@@H](COCC(F)(F)F)NC(C)[C@H](C)N2CCCC2=CN(C)C(CC2CCCCC2)=CN(C)C=CNC(CCc2ccc(C(F)(F)F)c(Cl)c2)=CC=NCCNCC2(CCCC2)NC(C)[C@H](C(C)C)N2C(C)[C@H](C(=O)N3CCCCC3)C2CNC1C. The van der Waals surface area contributed by atoms with Gasteiger partial charge in [0.25, 0.3) is 0 Å². The van der Waals surface area contributed by atoms with E-state index < -0.39 is 30.6 Å². The minimum absolute atomic E-state index is 0.00416. The molecule has 1 aromatic carbocycles. The number of allylic oxidation sites excluding steroid dienone is 4. The van der Waals surface area contributed by atoms with E-state index in [1.165, 1.54) is 55.6 Å². The predicted octanol–water partition coefficient (Wildman–Crippen LogP) is 12.8. The number of aryl methyl sites for hydroxylation is 1. The molecular weight excluding hydrogens is 1200 g/mol. The van der Waals surface area contributed by atoms with Gasteiger partial charge in [-0.05, 0) is 147 Å². The second-order valence-electron chi connectivity index (χ2n) is 28.9. The molecule has 5 fully saturated rings. The van der Waals surface area contributed by atoms with Crippen LogP contribution in [-0.2, 0) is 22.1 Å². The number of hydrogen-bond donors (Lipinski definition) is 6. The van der Waals surface area contributed by atoms with Crippen LogP contribution in [0, 0.1) is 23.7 Å². The Labute approximate surface area is 554 Å². The topological polar surface area (TPSA) is 127 Å². The number of carbonyl (C=O) groups is 1. The monoisotopic (exact) mass is 1320 g/mol. The molecule has 3 saturated heterocycles. The van der Waals surface area contributed by atoms with Crippen molar-refractivity contribution in [1.82, 2.24) is 56.4 Å². The first-order valence-electron chi connectivity index (χ1n) is 35.2. The van der Waals surface area contributed by atoms with Crippen LogP contribution in [0.3, 0.4) is 0 Å². The number of hydrogen-bond acceptors (Lipinski definition) is 13. The first kappa shape index (κ1) is 75.5. The van der Waals surface area contributed by atoms with Gasteiger partial charge in [-0.15, -0.1) is 0 Å². The summed E-state index contributed by atoms with van der Waals surface area (Å²) >= 11 is 6.18. The Morgan fingerprint density at radius 1 is 0.826 bits per heavy atom. The van der Waals surface area contributed by atoms with Crippen LogP contribution in [0.5, 0.6) is 0 Å². The molecule has 4 heterocycles. The predicted molar refractivity (Wildman–Crippen MR) is 363 cm³/mol. The summed E-state index contributed by atoms with van der Waals surface area (Å²) in [5.41, 5.74) is 2.96. The Hall–Kier alpha value is -3.89. The number of likely N-dealkylation sites (tertiary alicyclic amines) is 1. The number of piperidine rings is 1. The van der Waals surface area contributed by atoms with Gasteiger partial charge in [0.1, 0.15) is 6.61 Å². The zero-order valence-corrected chi connectivity index (χ0v) is 58.4. The lowest BCUT2D eigenvalue weighted by Gasteiger charge is -2.60. The lowest BCUT2D eigenvalue weighted by molar-refractivity contribution is -0.175. The summed E-state index contributed by atoms with van der Waals surface area (Å²) in [6.45, 7) is 24.2. The van der Waals surface area contributed by atoms with Gasteiger partial charge in [0.15, 0.2) is 0 Å². The summed E-state index contributed by atoms with van der Waals surface area (Å²) in [6, 6.07) is 3.60. The number of fused-ring (bicyclic) bond motifs is 2. The van der Waals surface area contributed by atoms with E-state index in [9.17, 15) is 31.1 Å². The third-order valence-corrected chi connectivity index (χ3v) is 21.0. The van der Waals surface area contributed by atoms with Crippen molar-refractivity contribution in [3.8, 4) is 0 Å². The van der Waals surface area contributed by atoms with Crippen molar-refractivity contribution in [2.45, 2.75) is 250 Å². The fraction of sp³-hybridized carbons (Fsp3) is 0.775. The fourth-order valence-corrected chi connectivity index (χ4v) is 16.0. The molecule has 4 aliphatic heterocycles. The third kappa shape index (κ3) is 22.6. The van der Waals surface area contributed by atoms with E-state index in [1.807, 2.05) is 31.7 Å². The number of aliphatic imine (C=N–C) groups is 1. The molecule has 14 nitrogen and oxygen atoms in total. The number of benzene rings is 1. The number of nitrogens with one attached hydrogen (secondary N) is 6. The van der Waals surface area contributed by atoms with Crippen molar-refractivity contribution in [1.29, 1.82) is 0 Å². The highest BCUT2D eigenvalue weighted by Crippen LogP contribution is 2.41. The molecule has 5 unspecified atom stereocenters. The number of halogens is 7. The Morgan fingerprint density at radius 2 is 1.54 bits per heavy atom. The van der Waals surface area contributed by atoms with E-state index in [-0.39, 0.29) is 83.2 Å². The van der Waals surface area contributed by atoms with Crippen molar-refractivity contribution in [3.63, 3.8) is 0 Å². The molecule has 1 spiro atoms. The first-order chi connectivity index (χ1) is 43.7. The van der Waals surface area contributed by atoms with E-state index in [4.69, 9.17) is 21.3 Å². The van der Waals surface area contributed by atoms with E-state index in [0.29, 0.717) is 56.4 Å². The highest BCUT2D eigenvalue weighted by molar-refractivity contribution is 6.31. The minimum Gasteiger partial charge on any atom is -0.370 e. The van der Waals surface area contributed by atoms with Crippen LogP contribution in [0.25, 0.3) is 0 Å². The molecule has 2 saturated carbocycles. The van der Waals surface area contributed by atoms with Crippen molar-refractivity contribution >= 4 is 23.7 Å². The highest BCUT2D eigenvalue weighted by Gasteiger charge is 2.55. The maximum absolute atomic E-state index is 14.8. The minimum atomic E-state index is -4.54. The summed E-state index contributed by atoms with van der Waals surface area (Å²) in [7, 11) is 4.15. The summed E-state index contributed by atoms with van der Waals surface area (Å²) in [6.07, 6.45) is 21.3. The normalized spacial score (nSPS) is 29.3. The van der Waals surface area contributed by atoms with Gasteiger partial charge in [-0.3, -0.25) is 14.7 Å². The summed E-state index contributed by atoms with van der Waals surface area (Å²) < 4.78 is 87.7. The third-order valence-electron chi connectivity index (χ3n) is 20.7. The molecule has 92 heavy (non-hydrogen) atoms. The number of ether oxygens (including phenoxy) is 1. The van der Waals surface area contributed by atoms with Gasteiger partial charge in [0.2, 0.25) is 5.91 Å². The van der Waals surface area contributed by atoms with Gasteiger partial charge in [0.05, 0.1) is 29.7 Å². The van der Waals surface area contributed by atoms with Gasteiger partial charge in [-0.1, -0.05) is 90.3 Å². The summed E-state index contributed by atoms with van der Waals surface area (Å²) in [5.74, 6) is 1.26. The average molecular weight is 1320 g/mol. The van der Waals surface area contributed by atoms with Crippen LogP contribution in [0.2, 0.25) is 5.02 Å². The van der Waals surface area contributed by atoms with Gasteiger partial charge >= 0.3 is 12.4 Å². The van der Waals surface area contributed by atoms with E-state index in [0.717, 1.165) is 109 Å². The van der Waals surface area contributed by atoms with Crippen LogP contribution < -0.4 is 31.9 Å². The summed E-state index contributed by atoms with van der Waals surface area (Å²) in [4.78, 5) is 31.1. The number of amides is 1. The molecule has 1 aromatic rings. The highest BCUT2D eigenvalue weighted by atomic mass is 35.5. The lowest BCUT2D eigenvalue weighted by Crippen LogP contribution is -2.76. The number of carbonyl (C=O) groups excluding carboxylic acids is 1. The molecule has 10 atom stereocenters. The molecule has 0 aromatic heterocycles. The van der Waals surface area contributed by atoms with Gasteiger partial charge < -0.3 is 56.2 Å². The Kier molecular flexibility index (Phi) is 29.5. The number of alkyl halides is 6. The molecule has 21 heteroatoms. The zero-order valence-electron chi connectivity index (χ0n) is 57.6. The van der Waals surface area contributed by atoms with Crippen LogP contribution in [0.1, 0.15) is 183 Å². The van der Waals surface area contributed by atoms with Crippen molar-refractivity contribution in [2.75, 3.05) is 79.7 Å². The molecule has 2 aliphatic carbocycles. The maximum atomic E-state index is 14.8. The molecule has 522 valence electrons. The second kappa shape index (κ2) is 35.9. The molecule has 6 N–H and O–H groups in total. The van der Waals surface area contributed by atoms with Crippen LogP contribution in [0.15, 0.2) is 71.2 Å². The Morgan fingerprint density at radius 3 is 2.22 bits per heavy atom. The molecule has 7 rings (SSSR count). The number of rotatable bonds is 12. The standard InChI is InChI=1S/C71H117ClF6N12O2/c1-49(2)39-64-52(6)82-43-65-66(68(91)88-35-18-13-19-36-88)55(9)90(65)67(50(3)4)53(7)85-69(29-16-17-30-69)47-80-33-32-79-31-28-58(26-24-57-25-27-62(63(72)41-57)71(76,77)78)81-34-38-86(10)44-61(40-56-21-14-12-15-22-56)87(11)45-60-23-20-37-89(60)54(8)51(5)84-59(42-83-64)46-92-48-70(73,74)75/h25,27-28,31,34,38,41,44-45,49-56,59,64-67,80-85H,12-24,26,29-30,32-33,35-37,39-40,42-43,46-48H2,1-11H3/t51?,52?,53?,54-,55?,59-,64-,65?,66-,67-/m0/s1. The van der Waals surface area contributed by atoms with E-state index in [2.05, 4.69) is 138 Å². The maximum Gasteiger partial charge on any atom is 0.417 e. The van der Waals surface area contributed by atoms with Crippen LogP contribution in [-0.4, -0.2) is 182 Å². The van der Waals surface area contributed by atoms with Gasteiger partial charge in [-0.2, -0.15) is 26.3 Å². The smallest absolute Gasteiger partial charge is 0.370 e. The molecular formula is C71H117ClF6N12O2. The lowest BCUT2D eigenvalue weighted by atomic mass is 9.74. The summed E-state index contributed by atoms with van der Waals surface area (Å²) in [5, 5.41) is 22.8. The van der Waals surface area contributed by atoms with E-state index >= 15 is 0 Å². The zero-order chi connectivity index (χ0) is 66.8. The second-order valence-corrected chi connectivity index (χ2v) is 29.3. The first-order valence-corrected chi connectivity index (χ1v) is 35.6. The Balaban J connectivity index is 1.20. The fourth-order valence-electron chi connectivity index (χ4n) is 15.7. The van der Waals surface area contributed by atoms with Crippen molar-refractivity contribution in [3.05, 3.63) is 82.3 Å². The quantitative estimate of drug-likeness (QED) is 0.112. The largest absolute Gasteiger partial charge is 0.417 e. The number of nitrogens with zero attached hydrogens (tertiary/aromatic N) is 6. The molecule has 1 amide bonds. The molecule has 0 radical (unpaired) electrons. The van der Waals surface area contributed by atoms with E-state index in [1.54, 1.807) is 0 Å². The molecule has 0 bridgehead atoms. The van der Waals surface area contributed by atoms with Gasteiger partial charge in [0, 0.05) is 168 Å². The Bertz CT molecular complexity index is 2560. The van der Waals surface area contributed by atoms with Crippen molar-refractivity contribution in [2.24, 2.45) is 28.7 Å².